The third-order valence-electron chi connectivity index (χ3n) is 2.53. The van der Waals surface area contributed by atoms with Gasteiger partial charge in [-0.15, -0.1) is 11.3 Å². The smallest absolute Gasteiger partial charge is 0.226 e. The summed E-state index contributed by atoms with van der Waals surface area (Å²) in [5.74, 6) is 0.0878. The molecule has 0 unspecified atom stereocenters. The molecule has 1 aromatic rings. The highest BCUT2D eigenvalue weighted by atomic mass is 32.1. The molecule has 0 spiro atoms. The Bertz CT molecular complexity index is 327. The minimum atomic E-state index is 0.0878. The first-order chi connectivity index (χ1) is 7.63. The minimum Gasteiger partial charge on any atom is -0.302 e. The number of nitrogens with one attached hydrogen (secondary N) is 1. The standard InChI is InChI=1S/C12H20N2OS/c1-4-5-6-7-8-11(15)14-12-13-9(2)10(3)16-12/h4-8H2,1-3H3,(H,13,14,15). The summed E-state index contributed by atoms with van der Waals surface area (Å²) in [6.45, 7) is 6.15. The number of aromatic nitrogens is 1. The molecule has 0 radical (unpaired) electrons. The average molecular weight is 240 g/mol. The van der Waals surface area contributed by atoms with Crippen molar-refractivity contribution in [2.24, 2.45) is 0 Å². The first-order valence-corrected chi connectivity index (χ1v) is 6.69. The molecule has 0 aliphatic heterocycles. The molecule has 0 atom stereocenters. The Morgan fingerprint density at radius 3 is 2.62 bits per heavy atom. The number of hydrogen-bond donors (Lipinski definition) is 1. The fourth-order valence-corrected chi connectivity index (χ4v) is 2.25. The van der Waals surface area contributed by atoms with Crippen LogP contribution in [0.4, 0.5) is 5.13 Å². The maximum atomic E-state index is 11.6. The van der Waals surface area contributed by atoms with E-state index < -0.39 is 0 Å². The Labute approximate surface area is 101 Å². The van der Waals surface area contributed by atoms with Gasteiger partial charge < -0.3 is 5.32 Å². The third-order valence-corrected chi connectivity index (χ3v) is 3.52. The van der Waals surface area contributed by atoms with Crippen molar-refractivity contribution in [3.63, 3.8) is 0 Å². The molecule has 1 N–H and O–H groups in total. The van der Waals surface area contributed by atoms with Crippen LogP contribution in [0.2, 0.25) is 0 Å². The van der Waals surface area contributed by atoms with E-state index in [2.05, 4.69) is 17.2 Å². The van der Waals surface area contributed by atoms with Crippen molar-refractivity contribution in [1.82, 2.24) is 4.98 Å². The molecule has 4 heteroatoms. The van der Waals surface area contributed by atoms with E-state index in [1.807, 2.05) is 13.8 Å². The summed E-state index contributed by atoms with van der Waals surface area (Å²) in [5, 5.41) is 3.58. The van der Waals surface area contributed by atoms with E-state index in [0.29, 0.717) is 6.42 Å². The molecule has 1 heterocycles. The number of rotatable bonds is 6. The van der Waals surface area contributed by atoms with Crippen LogP contribution < -0.4 is 5.32 Å². The Morgan fingerprint density at radius 1 is 1.31 bits per heavy atom. The Balaban J connectivity index is 2.28. The van der Waals surface area contributed by atoms with Gasteiger partial charge in [-0.1, -0.05) is 26.2 Å². The predicted octanol–water partition coefficient (Wildman–Crippen LogP) is 3.67. The van der Waals surface area contributed by atoms with Crippen molar-refractivity contribution in [3.05, 3.63) is 10.6 Å². The van der Waals surface area contributed by atoms with Crippen LogP contribution in [0, 0.1) is 13.8 Å². The van der Waals surface area contributed by atoms with Crippen molar-refractivity contribution in [3.8, 4) is 0 Å². The number of nitrogens with zero attached hydrogens (tertiary/aromatic N) is 1. The van der Waals surface area contributed by atoms with Gasteiger partial charge in [-0.25, -0.2) is 4.98 Å². The molecular formula is C12H20N2OS. The van der Waals surface area contributed by atoms with Crippen molar-refractivity contribution in [2.45, 2.75) is 52.9 Å². The van der Waals surface area contributed by atoms with E-state index in [9.17, 15) is 4.79 Å². The molecule has 90 valence electrons. The van der Waals surface area contributed by atoms with Crippen LogP contribution in [0.1, 0.15) is 49.6 Å². The van der Waals surface area contributed by atoms with Crippen molar-refractivity contribution < 1.29 is 4.79 Å². The fraction of sp³-hybridized carbons (Fsp3) is 0.667. The van der Waals surface area contributed by atoms with Crippen LogP contribution in [0.5, 0.6) is 0 Å². The summed E-state index contributed by atoms with van der Waals surface area (Å²) < 4.78 is 0. The van der Waals surface area contributed by atoms with E-state index in [0.717, 1.165) is 23.7 Å². The van der Waals surface area contributed by atoms with Gasteiger partial charge in [0.2, 0.25) is 5.91 Å². The molecule has 0 saturated heterocycles. The number of carbonyl (C=O) groups excluding carboxylic acids is 1. The molecule has 0 aromatic carbocycles. The second-order valence-corrected chi connectivity index (χ2v) is 5.22. The number of amides is 1. The van der Waals surface area contributed by atoms with Gasteiger partial charge in [0.15, 0.2) is 5.13 Å². The summed E-state index contributed by atoms with van der Waals surface area (Å²) in [6, 6.07) is 0. The molecule has 0 fully saturated rings. The summed E-state index contributed by atoms with van der Waals surface area (Å²) in [6.07, 6.45) is 5.13. The quantitative estimate of drug-likeness (QED) is 0.771. The monoisotopic (exact) mass is 240 g/mol. The maximum Gasteiger partial charge on any atom is 0.226 e. The zero-order valence-corrected chi connectivity index (χ0v) is 11.1. The van der Waals surface area contributed by atoms with E-state index in [-0.39, 0.29) is 5.91 Å². The SMILES string of the molecule is CCCCCCC(=O)Nc1nc(C)c(C)s1. The van der Waals surface area contributed by atoms with Gasteiger partial charge in [0.1, 0.15) is 0 Å². The average Bonchev–Trinajstić information content (AvgIpc) is 2.53. The first kappa shape index (κ1) is 13.2. The Kier molecular flexibility index (Phi) is 5.46. The highest BCUT2D eigenvalue weighted by molar-refractivity contribution is 7.15. The number of unbranched alkanes of at least 4 members (excludes halogenated alkanes) is 3. The number of anilines is 1. The molecular weight excluding hydrogens is 220 g/mol. The zero-order chi connectivity index (χ0) is 12.0. The van der Waals surface area contributed by atoms with E-state index in [4.69, 9.17) is 0 Å². The highest BCUT2D eigenvalue weighted by Crippen LogP contribution is 2.21. The summed E-state index contributed by atoms with van der Waals surface area (Å²) >= 11 is 1.54. The van der Waals surface area contributed by atoms with E-state index in [1.165, 1.54) is 17.7 Å². The maximum absolute atomic E-state index is 11.6. The van der Waals surface area contributed by atoms with Crippen molar-refractivity contribution >= 4 is 22.4 Å². The normalized spacial score (nSPS) is 10.4. The Morgan fingerprint density at radius 2 is 2.06 bits per heavy atom. The topological polar surface area (TPSA) is 42.0 Å². The molecule has 0 aliphatic carbocycles. The van der Waals surface area contributed by atoms with Gasteiger partial charge in [-0.05, 0) is 20.3 Å². The van der Waals surface area contributed by atoms with Crippen LogP contribution in [0.3, 0.4) is 0 Å². The molecule has 3 nitrogen and oxygen atoms in total. The number of thiazole rings is 1. The lowest BCUT2D eigenvalue weighted by Crippen LogP contribution is -2.10. The van der Waals surface area contributed by atoms with Crippen molar-refractivity contribution in [2.75, 3.05) is 5.32 Å². The summed E-state index contributed by atoms with van der Waals surface area (Å²) in [4.78, 5) is 17.0. The number of carbonyl (C=O) groups is 1. The predicted molar refractivity (Wildman–Crippen MR) is 69.0 cm³/mol. The molecule has 0 bridgehead atoms. The lowest BCUT2D eigenvalue weighted by molar-refractivity contribution is -0.116. The Hall–Kier alpha value is -0.900. The molecule has 1 aromatic heterocycles. The molecule has 0 aliphatic rings. The zero-order valence-electron chi connectivity index (χ0n) is 10.3. The van der Waals surface area contributed by atoms with Crippen LogP contribution in [0.15, 0.2) is 0 Å². The van der Waals surface area contributed by atoms with E-state index in [1.54, 1.807) is 11.3 Å². The molecule has 1 amide bonds. The largest absolute Gasteiger partial charge is 0.302 e. The second-order valence-electron chi connectivity index (χ2n) is 4.02. The van der Waals surface area contributed by atoms with Crippen LogP contribution >= 0.6 is 11.3 Å². The first-order valence-electron chi connectivity index (χ1n) is 5.87. The van der Waals surface area contributed by atoms with Crippen LogP contribution in [-0.2, 0) is 4.79 Å². The van der Waals surface area contributed by atoms with Crippen molar-refractivity contribution in [1.29, 1.82) is 0 Å². The number of hydrogen-bond acceptors (Lipinski definition) is 3. The summed E-state index contributed by atoms with van der Waals surface area (Å²) in [5.41, 5.74) is 1.01. The summed E-state index contributed by atoms with van der Waals surface area (Å²) in [7, 11) is 0. The number of aryl methyl sites for hydroxylation is 2. The molecule has 0 saturated carbocycles. The fourth-order valence-electron chi connectivity index (χ4n) is 1.42. The molecule has 16 heavy (non-hydrogen) atoms. The lowest BCUT2D eigenvalue weighted by atomic mass is 10.1. The van der Waals surface area contributed by atoms with Gasteiger partial charge >= 0.3 is 0 Å². The van der Waals surface area contributed by atoms with Gasteiger partial charge in [0.05, 0.1) is 5.69 Å². The van der Waals surface area contributed by atoms with Gasteiger partial charge in [-0.3, -0.25) is 4.79 Å². The van der Waals surface area contributed by atoms with Crippen LogP contribution in [-0.4, -0.2) is 10.9 Å². The van der Waals surface area contributed by atoms with Crippen LogP contribution in [0.25, 0.3) is 0 Å². The van der Waals surface area contributed by atoms with Gasteiger partial charge in [0.25, 0.3) is 0 Å². The third kappa shape index (κ3) is 4.31. The van der Waals surface area contributed by atoms with Gasteiger partial charge in [0, 0.05) is 11.3 Å². The minimum absolute atomic E-state index is 0.0878. The van der Waals surface area contributed by atoms with E-state index >= 15 is 0 Å². The lowest BCUT2D eigenvalue weighted by Gasteiger charge is -2.00. The highest BCUT2D eigenvalue weighted by Gasteiger charge is 2.07. The second kappa shape index (κ2) is 6.63. The molecule has 1 rings (SSSR count). The van der Waals surface area contributed by atoms with Gasteiger partial charge in [-0.2, -0.15) is 0 Å².